The average molecular weight is 353 g/mol. The molecule has 2 atom stereocenters. The Morgan fingerprint density at radius 2 is 2.35 bits per heavy atom. The van der Waals surface area contributed by atoms with Crippen LogP contribution in [0.1, 0.15) is 53.2 Å². The van der Waals surface area contributed by atoms with Crippen molar-refractivity contribution in [3.63, 3.8) is 0 Å². The predicted molar refractivity (Wildman–Crippen MR) is 95.3 cm³/mol. The van der Waals surface area contributed by atoms with Crippen molar-refractivity contribution in [2.24, 2.45) is 5.92 Å². The van der Waals surface area contributed by atoms with Gasteiger partial charge in [-0.15, -0.1) is 0 Å². The summed E-state index contributed by atoms with van der Waals surface area (Å²) in [5, 5.41) is 16.3. The van der Waals surface area contributed by atoms with Gasteiger partial charge in [0.1, 0.15) is 11.8 Å². The van der Waals surface area contributed by atoms with Gasteiger partial charge < -0.3 is 10.1 Å². The molecule has 0 bridgehead atoms. The van der Waals surface area contributed by atoms with Crippen LogP contribution < -0.4 is 5.32 Å². The van der Waals surface area contributed by atoms with E-state index in [1.807, 2.05) is 24.0 Å². The fraction of sp³-hybridized carbons (Fsp3) is 0.474. The maximum atomic E-state index is 12.4. The molecule has 0 aromatic carbocycles. The second-order valence-corrected chi connectivity index (χ2v) is 6.47. The van der Waals surface area contributed by atoms with Crippen molar-refractivity contribution in [2.45, 2.75) is 39.3 Å². The summed E-state index contributed by atoms with van der Waals surface area (Å²) in [5.74, 6) is -0.0344. The van der Waals surface area contributed by atoms with E-state index >= 15 is 0 Å². The quantitative estimate of drug-likeness (QED) is 0.891. The molecule has 1 N–H and O–H groups in total. The molecule has 136 valence electrons. The third kappa shape index (κ3) is 3.92. The van der Waals surface area contributed by atoms with Gasteiger partial charge in [-0.25, -0.2) is 4.98 Å². The zero-order valence-electron chi connectivity index (χ0n) is 15.1. The Kier molecular flexibility index (Phi) is 5.64. The number of amides is 1. The Hall–Kier alpha value is -2.72. The molecule has 1 aliphatic rings. The van der Waals surface area contributed by atoms with Gasteiger partial charge in [0, 0.05) is 37.4 Å². The molecular weight excluding hydrogens is 330 g/mol. The molecule has 2 aromatic rings. The zero-order valence-corrected chi connectivity index (χ0v) is 15.1. The fourth-order valence-corrected chi connectivity index (χ4v) is 3.24. The van der Waals surface area contributed by atoms with Crippen LogP contribution >= 0.6 is 0 Å². The standard InChI is InChI=1S/C19H23N5O2/c1-3-24-12-16(11-22-24)18-15(5-4-8-26-18)10-21-19(25)17-7-6-14(9-20)13(2)23-17/h6-7,11-12,15,18H,3-5,8,10H2,1-2H3,(H,21,25)/t15-,18+/m0/s1. The average Bonchev–Trinajstić information content (AvgIpc) is 3.15. The number of aryl methyl sites for hydroxylation is 2. The number of pyridine rings is 1. The molecule has 0 saturated carbocycles. The zero-order chi connectivity index (χ0) is 18.5. The molecule has 2 aromatic heterocycles. The van der Waals surface area contributed by atoms with Crippen LogP contribution in [0.25, 0.3) is 0 Å². The van der Waals surface area contributed by atoms with Gasteiger partial charge in [-0.2, -0.15) is 10.4 Å². The fourth-order valence-electron chi connectivity index (χ4n) is 3.24. The van der Waals surface area contributed by atoms with Crippen molar-refractivity contribution < 1.29 is 9.53 Å². The summed E-state index contributed by atoms with van der Waals surface area (Å²) in [6.07, 6.45) is 5.77. The lowest BCUT2D eigenvalue weighted by Gasteiger charge is -2.31. The van der Waals surface area contributed by atoms with Gasteiger partial charge in [-0.3, -0.25) is 9.48 Å². The molecule has 3 heterocycles. The minimum Gasteiger partial charge on any atom is -0.373 e. The van der Waals surface area contributed by atoms with Crippen molar-refractivity contribution in [2.75, 3.05) is 13.2 Å². The van der Waals surface area contributed by atoms with Crippen molar-refractivity contribution in [3.8, 4) is 6.07 Å². The lowest BCUT2D eigenvalue weighted by atomic mass is 9.91. The summed E-state index contributed by atoms with van der Waals surface area (Å²) >= 11 is 0. The van der Waals surface area contributed by atoms with Gasteiger partial charge in [0.15, 0.2) is 0 Å². The Morgan fingerprint density at radius 3 is 3.04 bits per heavy atom. The SMILES string of the molecule is CCn1cc([C@@H]2OCCC[C@H]2CNC(=O)c2ccc(C#N)c(C)n2)cn1. The second-order valence-electron chi connectivity index (χ2n) is 6.47. The topological polar surface area (TPSA) is 92.8 Å². The highest BCUT2D eigenvalue weighted by Gasteiger charge is 2.29. The maximum absolute atomic E-state index is 12.4. The van der Waals surface area contributed by atoms with Crippen LogP contribution in [0.2, 0.25) is 0 Å². The van der Waals surface area contributed by atoms with Gasteiger partial charge in [0.05, 0.1) is 23.6 Å². The van der Waals surface area contributed by atoms with E-state index in [1.54, 1.807) is 19.1 Å². The first-order valence-electron chi connectivity index (χ1n) is 8.92. The van der Waals surface area contributed by atoms with E-state index in [1.165, 1.54) is 0 Å². The summed E-state index contributed by atoms with van der Waals surface area (Å²) in [4.78, 5) is 16.6. The summed E-state index contributed by atoms with van der Waals surface area (Å²) in [5.41, 5.74) is 2.42. The van der Waals surface area contributed by atoms with Crippen LogP contribution in [-0.4, -0.2) is 33.8 Å². The number of rotatable bonds is 5. The van der Waals surface area contributed by atoms with Crippen molar-refractivity contribution >= 4 is 5.91 Å². The van der Waals surface area contributed by atoms with Crippen molar-refractivity contribution in [3.05, 3.63) is 47.0 Å². The van der Waals surface area contributed by atoms with Gasteiger partial charge in [0.25, 0.3) is 5.91 Å². The number of nitrogens with zero attached hydrogens (tertiary/aromatic N) is 4. The predicted octanol–water partition coefficient (Wildman–Crippen LogP) is 2.38. The van der Waals surface area contributed by atoms with E-state index in [2.05, 4.69) is 21.5 Å². The molecule has 7 nitrogen and oxygen atoms in total. The van der Waals surface area contributed by atoms with E-state index in [4.69, 9.17) is 10.00 Å². The number of nitriles is 1. The lowest BCUT2D eigenvalue weighted by molar-refractivity contribution is -0.0273. The number of ether oxygens (including phenoxy) is 1. The summed E-state index contributed by atoms with van der Waals surface area (Å²) in [6, 6.07) is 5.27. The van der Waals surface area contributed by atoms with Crippen LogP contribution in [-0.2, 0) is 11.3 Å². The third-order valence-corrected chi connectivity index (χ3v) is 4.71. The van der Waals surface area contributed by atoms with Crippen molar-refractivity contribution in [1.82, 2.24) is 20.1 Å². The van der Waals surface area contributed by atoms with Crippen molar-refractivity contribution in [1.29, 1.82) is 5.26 Å². The van der Waals surface area contributed by atoms with E-state index in [-0.39, 0.29) is 17.9 Å². The number of hydrogen-bond acceptors (Lipinski definition) is 5. The number of aromatic nitrogens is 3. The molecule has 7 heteroatoms. The summed E-state index contributed by atoms with van der Waals surface area (Å²) < 4.78 is 7.85. The molecule has 0 radical (unpaired) electrons. The number of nitrogens with one attached hydrogen (secondary N) is 1. The Labute approximate surface area is 153 Å². The first kappa shape index (κ1) is 18.1. The Morgan fingerprint density at radius 1 is 1.50 bits per heavy atom. The number of hydrogen-bond donors (Lipinski definition) is 1. The smallest absolute Gasteiger partial charge is 0.269 e. The van der Waals surface area contributed by atoms with Crippen LogP contribution in [0.5, 0.6) is 0 Å². The Balaban J connectivity index is 1.65. The summed E-state index contributed by atoms with van der Waals surface area (Å²) in [6.45, 7) is 5.83. The minimum absolute atomic E-state index is 0.0555. The van der Waals surface area contributed by atoms with Gasteiger partial charge >= 0.3 is 0 Å². The monoisotopic (exact) mass is 353 g/mol. The highest BCUT2D eigenvalue weighted by Crippen LogP contribution is 2.33. The summed E-state index contributed by atoms with van der Waals surface area (Å²) in [7, 11) is 0. The minimum atomic E-state index is -0.230. The number of carbonyl (C=O) groups is 1. The molecule has 1 fully saturated rings. The molecule has 1 saturated heterocycles. The molecule has 0 aliphatic carbocycles. The van der Waals surface area contributed by atoms with Crippen LogP contribution in [0.4, 0.5) is 0 Å². The molecule has 1 aliphatic heterocycles. The first-order chi connectivity index (χ1) is 12.6. The third-order valence-electron chi connectivity index (χ3n) is 4.71. The van der Waals surface area contributed by atoms with Gasteiger partial charge in [0.2, 0.25) is 0 Å². The molecular formula is C19H23N5O2. The van der Waals surface area contributed by atoms with Gasteiger partial charge in [-0.05, 0) is 38.8 Å². The molecule has 26 heavy (non-hydrogen) atoms. The van der Waals surface area contributed by atoms with E-state index in [0.717, 1.165) is 31.6 Å². The lowest BCUT2D eigenvalue weighted by Crippen LogP contribution is -2.35. The normalized spacial score (nSPS) is 19.7. The Bertz CT molecular complexity index is 824. The molecule has 0 unspecified atom stereocenters. The molecule has 3 rings (SSSR count). The molecule has 1 amide bonds. The van der Waals surface area contributed by atoms with Crippen LogP contribution in [0, 0.1) is 24.2 Å². The number of carbonyl (C=O) groups excluding carboxylic acids is 1. The highest BCUT2D eigenvalue weighted by molar-refractivity contribution is 5.92. The van der Waals surface area contributed by atoms with E-state index in [9.17, 15) is 4.79 Å². The second kappa shape index (κ2) is 8.11. The van der Waals surface area contributed by atoms with E-state index in [0.29, 0.717) is 23.5 Å². The first-order valence-corrected chi connectivity index (χ1v) is 8.92. The van der Waals surface area contributed by atoms with Crippen LogP contribution in [0.3, 0.4) is 0 Å². The highest BCUT2D eigenvalue weighted by atomic mass is 16.5. The molecule has 0 spiro atoms. The largest absolute Gasteiger partial charge is 0.373 e. The van der Waals surface area contributed by atoms with Gasteiger partial charge in [-0.1, -0.05) is 0 Å². The van der Waals surface area contributed by atoms with Crippen LogP contribution in [0.15, 0.2) is 24.5 Å². The maximum Gasteiger partial charge on any atom is 0.269 e. The van der Waals surface area contributed by atoms with E-state index < -0.39 is 0 Å².